The molecule has 34 heavy (non-hydrogen) atoms. The monoisotopic (exact) mass is 469 g/mol. The molecule has 2 aromatic carbocycles. The van der Waals surface area contributed by atoms with Crippen molar-refractivity contribution in [3.05, 3.63) is 54.6 Å². The molecule has 1 aliphatic rings. The molecule has 0 bridgehead atoms. The van der Waals surface area contributed by atoms with Crippen molar-refractivity contribution >= 4 is 23.7 Å². The number of rotatable bonds is 10. The van der Waals surface area contributed by atoms with E-state index in [2.05, 4.69) is 5.32 Å². The molecular weight excluding hydrogens is 438 g/mol. The van der Waals surface area contributed by atoms with Crippen LogP contribution in [0.3, 0.4) is 0 Å². The third-order valence-corrected chi connectivity index (χ3v) is 5.22. The SMILES string of the molecule is CCCCOC(=O)N[C@H]1CCN(C(=O)CN(OC(C)=O)c2ccc(Oc3ccccc3)cc2)C1. The standard InChI is InChI=1S/C25H31N3O6/c1-3-4-16-32-25(31)26-20-14-15-27(17-20)24(30)18-28(34-19(2)29)21-10-12-23(13-11-21)33-22-8-6-5-7-9-22/h5-13,20H,3-4,14-18H2,1-2H3,(H,26,31)/t20-/m0/s1. The molecule has 1 atom stereocenters. The lowest BCUT2D eigenvalue weighted by Crippen LogP contribution is -2.42. The molecule has 9 heteroatoms. The first-order chi connectivity index (χ1) is 16.4. The maximum absolute atomic E-state index is 12.9. The zero-order valence-corrected chi connectivity index (χ0v) is 19.6. The molecule has 9 nitrogen and oxygen atoms in total. The van der Waals surface area contributed by atoms with Gasteiger partial charge in [0.1, 0.15) is 18.0 Å². The smallest absolute Gasteiger partial charge is 0.407 e. The Labute approximate surface area is 199 Å². The first-order valence-electron chi connectivity index (χ1n) is 11.4. The number of hydroxylamine groups is 1. The summed E-state index contributed by atoms with van der Waals surface area (Å²) in [4.78, 5) is 43.3. The number of alkyl carbamates (subject to hydrolysis) is 1. The maximum atomic E-state index is 12.9. The van der Waals surface area contributed by atoms with Crippen LogP contribution in [0.1, 0.15) is 33.1 Å². The van der Waals surface area contributed by atoms with Crippen LogP contribution < -0.4 is 15.1 Å². The van der Waals surface area contributed by atoms with Crippen LogP contribution >= 0.6 is 0 Å². The van der Waals surface area contributed by atoms with Crippen LogP contribution in [0.5, 0.6) is 11.5 Å². The van der Waals surface area contributed by atoms with Crippen LogP contribution in [0.4, 0.5) is 10.5 Å². The van der Waals surface area contributed by atoms with E-state index in [0.717, 1.165) is 12.8 Å². The van der Waals surface area contributed by atoms with Gasteiger partial charge in [0.25, 0.3) is 0 Å². The van der Waals surface area contributed by atoms with E-state index in [1.165, 1.54) is 12.0 Å². The minimum absolute atomic E-state index is 0.147. The molecule has 1 aliphatic heterocycles. The van der Waals surface area contributed by atoms with E-state index >= 15 is 0 Å². The van der Waals surface area contributed by atoms with Gasteiger partial charge >= 0.3 is 12.1 Å². The van der Waals surface area contributed by atoms with Crippen molar-refractivity contribution in [3.63, 3.8) is 0 Å². The van der Waals surface area contributed by atoms with Crippen molar-refractivity contribution in [2.24, 2.45) is 0 Å². The number of likely N-dealkylation sites (tertiary alicyclic amines) is 1. The Bertz CT molecular complexity index is 951. The average molecular weight is 470 g/mol. The normalized spacial score (nSPS) is 14.9. The molecule has 0 aliphatic carbocycles. The number of ether oxygens (including phenoxy) is 2. The van der Waals surface area contributed by atoms with Gasteiger partial charge < -0.3 is 24.5 Å². The van der Waals surface area contributed by atoms with Gasteiger partial charge in [-0.05, 0) is 49.2 Å². The predicted molar refractivity (Wildman–Crippen MR) is 126 cm³/mol. The molecule has 3 rings (SSSR count). The summed E-state index contributed by atoms with van der Waals surface area (Å²) in [5.41, 5.74) is 0.539. The van der Waals surface area contributed by atoms with Crippen molar-refractivity contribution in [2.75, 3.05) is 31.3 Å². The minimum atomic E-state index is -0.534. The van der Waals surface area contributed by atoms with Gasteiger partial charge in [0, 0.05) is 20.0 Å². The number of carbonyl (C=O) groups excluding carboxylic acids is 3. The highest BCUT2D eigenvalue weighted by Crippen LogP contribution is 2.25. The molecule has 0 unspecified atom stereocenters. The van der Waals surface area contributed by atoms with Crippen molar-refractivity contribution in [1.82, 2.24) is 10.2 Å². The highest BCUT2D eigenvalue weighted by atomic mass is 16.7. The number of anilines is 1. The number of unbranched alkanes of at least 4 members (excludes halogenated alkanes) is 1. The van der Waals surface area contributed by atoms with Gasteiger partial charge in [-0.15, -0.1) is 0 Å². The zero-order chi connectivity index (χ0) is 24.3. The number of amides is 2. The highest BCUT2D eigenvalue weighted by molar-refractivity contribution is 5.82. The fourth-order valence-electron chi connectivity index (χ4n) is 3.48. The summed E-state index contributed by atoms with van der Waals surface area (Å²) in [6, 6.07) is 16.1. The van der Waals surface area contributed by atoms with E-state index in [4.69, 9.17) is 14.3 Å². The molecule has 0 radical (unpaired) electrons. The third-order valence-electron chi connectivity index (χ3n) is 5.22. The topological polar surface area (TPSA) is 97.4 Å². The van der Waals surface area contributed by atoms with Gasteiger partial charge in [0.2, 0.25) is 5.91 Å². The van der Waals surface area contributed by atoms with Crippen LogP contribution in [-0.2, 0) is 19.2 Å². The lowest BCUT2D eigenvalue weighted by Gasteiger charge is -2.25. The maximum Gasteiger partial charge on any atom is 0.407 e. The fourth-order valence-corrected chi connectivity index (χ4v) is 3.48. The number of nitrogens with zero attached hydrogens (tertiary/aromatic N) is 2. The number of benzene rings is 2. The summed E-state index contributed by atoms with van der Waals surface area (Å²) >= 11 is 0. The Kier molecular flexibility index (Phi) is 9.13. The predicted octanol–water partition coefficient (Wildman–Crippen LogP) is 3.89. The minimum Gasteiger partial charge on any atom is -0.457 e. The first kappa shape index (κ1) is 24.9. The van der Waals surface area contributed by atoms with E-state index < -0.39 is 12.1 Å². The lowest BCUT2D eigenvalue weighted by molar-refractivity contribution is -0.143. The molecule has 0 aromatic heterocycles. The van der Waals surface area contributed by atoms with Crippen LogP contribution in [-0.4, -0.2) is 55.2 Å². The molecule has 1 heterocycles. The van der Waals surface area contributed by atoms with Crippen molar-refractivity contribution < 1.29 is 28.7 Å². The van der Waals surface area contributed by atoms with Gasteiger partial charge in [0.05, 0.1) is 18.3 Å². The second kappa shape index (κ2) is 12.5. The van der Waals surface area contributed by atoms with E-state index in [0.29, 0.717) is 43.3 Å². The van der Waals surface area contributed by atoms with Crippen LogP contribution in [0.2, 0.25) is 0 Å². The first-order valence-corrected chi connectivity index (χ1v) is 11.4. The zero-order valence-electron chi connectivity index (χ0n) is 19.6. The van der Waals surface area contributed by atoms with Crippen molar-refractivity contribution in [1.29, 1.82) is 0 Å². The molecule has 1 saturated heterocycles. The van der Waals surface area contributed by atoms with Gasteiger partial charge in [-0.1, -0.05) is 31.5 Å². The Morgan fingerprint density at radius 3 is 2.44 bits per heavy atom. The molecule has 0 saturated carbocycles. The Morgan fingerprint density at radius 1 is 1.06 bits per heavy atom. The number of hydrogen-bond donors (Lipinski definition) is 1. The van der Waals surface area contributed by atoms with Gasteiger partial charge in [0.15, 0.2) is 0 Å². The lowest BCUT2D eigenvalue weighted by atomic mass is 10.3. The van der Waals surface area contributed by atoms with E-state index in [1.54, 1.807) is 29.2 Å². The van der Waals surface area contributed by atoms with Gasteiger partial charge in [-0.25, -0.2) is 4.79 Å². The van der Waals surface area contributed by atoms with E-state index in [-0.39, 0.29) is 18.5 Å². The quantitative estimate of drug-likeness (QED) is 0.416. The van der Waals surface area contributed by atoms with Crippen molar-refractivity contribution in [3.8, 4) is 11.5 Å². The number of nitrogens with one attached hydrogen (secondary N) is 1. The van der Waals surface area contributed by atoms with Gasteiger partial charge in [-0.3, -0.25) is 9.59 Å². The number of carbonyl (C=O) groups is 3. The molecule has 2 aromatic rings. The summed E-state index contributed by atoms with van der Waals surface area (Å²) in [7, 11) is 0. The second-order valence-electron chi connectivity index (χ2n) is 7.99. The largest absolute Gasteiger partial charge is 0.457 e. The summed E-state index contributed by atoms with van der Waals surface area (Å²) in [5.74, 6) is 0.569. The molecule has 0 spiro atoms. The summed E-state index contributed by atoms with van der Waals surface area (Å²) < 4.78 is 10.9. The molecular formula is C25H31N3O6. The second-order valence-corrected chi connectivity index (χ2v) is 7.99. The number of para-hydroxylation sites is 1. The molecule has 1 N–H and O–H groups in total. The highest BCUT2D eigenvalue weighted by Gasteiger charge is 2.29. The van der Waals surface area contributed by atoms with Gasteiger partial charge in [-0.2, -0.15) is 5.06 Å². The van der Waals surface area contributed by atoms with Crippen molar-refractivity contribution in [2.45, 2.75) is 39.2 Å². The summed E-state index contributed by atoms with van der Waals surface area (Å²) in [5, 5.41) is 4.06. The van der Waals surface area contributed by atoms with Crippen LogP contribution in [0, 0.1) is 0 Å². The fraction of sp³-hybridized carbons (Fsp3) is 0.400. The third kappa shape index (κ3) is 7.68. The Morgan fingerprint density at radius 2 is 1.76 bits per heavy atom. The Balaban J connectivity index is 1.56. The van der Waals surface area contributed by atoms with E-state index in [1.807, 2.05) is 37.3 Å². The van der Waals surface area contributed by atoms with Crippen LogP contribution in [0.15, 0.2) is 54.6 Å². The molecule has 2 amide bonds. The summed E-state index contributed by atoms with van der Waals surface area (Å²) in [6.07, 6.45) is 1.93. The molecule has 1 fully saturated rings. The number of hydrogen-bond acceptors (Lipinski definition) is 7. The van der Waals surface area contributed by atoms with E-state index in [9.17, 15) is 14.4 Å². The molecule has 182 valence electrons. The summed E-state index contributed by atoms with van der Waals surface area (Å²) in [6.45, 7) is 4.41. The van der Waals surface area contributed by atoms with Crippen LogP contribution in [0.25, 0.3) is 0 Å². The average Bonchev–Trinajstić information content (AvgIpc) is 3.28. The Hall–Kier alpha value is -3.75.